The van der Waals surface area contributed by atoms with Crippen molar-refractivity contribution in [3.05, 3.63) is 77.0 Å². The Morgan fingerprint density at radius 2 is 1.79 bits per heavy atom. The number of likely N-dealkylation sites (N-methyl/N-ethyl adjacent to an activating group) is 1. The standard InChI is InChI=1S/C25H31N7O2/c1-3-26-25(34)31-17-15-30(16-18-31)22-19-28-32(21-10-5-4-6-11-21)24(33)23(22)29(2)14-12-20-9-7-8-13-27-20/h4-11,13,19H,3,12,14-18H2,1-2H3,(H,26,34). The Kier molecular flexibility index (Phi) is 7.41. The first-order valence-electron chi connectivity index (χ1n) is 11.6. The second-order valence-corrected chi connectivity index (χ2v) is 8.23. The van der Waals surface area contributed by atoms with Crippen LogP contribution in [-0.4, -0.2) is 72.0 Å². The summed E-state index contributed by atoms with van der Waals surface area (Å²) in [5.74, 6) is 0. The van der Waals surface area contributed by atoms with Crippen LogP contribution in [0.15, 0.2) is 65.7 Å². The lowest BCUT2D eigenvalue weighted by Gasteiger charge is -2.37. The average Bonchev–Trinajstić information content (AvgIpc) is 2.88. The smallest absolute Gasteiger partial charge is 0.317 e. The van der Waals surface area contributed by atoms with Crippen molar-refractivity contribution in [1.82, 2.24) is 25.0 Å². The molecule has 9 heteroatoms. The molecule has 1 fully saturated rings. The first-order chi connectivity index (χ1) is 16.6. The molecule has 1 aliphatic heterocycles. The summed E-state index contributed by atoms with van der Waals surface area (Å²) in [6.07, 6.45) is 4.27. The average molecular weight is 462 g/mol. The van der Waals surface area contributed by atoms with E-state index in [1.54, 1.807) is 12.4 Å². The lowest BCUT2D eigenvalue weighted by Crippen LogP contribution is -2.52. The maximum absolute atomic E-state index is 13.7. The number of urea groups is 1. The highest BCUT2D eigenvalue weighted by atomic mass is 16.2. The molecule has 0 atom stereocenters. The first-order valence-corrected chi connectivity index (χ1v) is 11.6. The van der Waals surface area contributed by atoms with Gasteiger partial charge in [-0.05, 0) is 31.2 Å². The molecule has 3 aromatic rings. The van der Waals surface area contributed by atoms with Crippen LogP contribution < -0.4 is 20.7 Å². The molecule has 0 radical (unpaired) electrons. The van der Waals surface area contributed by atoms with Gasteiger partial charge < -0.3 is 20.0 Å². The second-order valence-electron chi connectivity index (χ2n) is 8.23. The number of carbonyl (C=O) groups is 1. The van der Waals surface area contributed by atoms with E-state index in [1.165, 1.54) is 4.68 Å². The van der Waals surface area contributed by atoms with Crippen LogP contribution in [-0.2, 0) is 6.42 Å². The summed E-state index contributed by atoms with van der Waals surface area (Å²) in [5.41, 5.74) is 2.92. The number of pyridine rings is 1. The summed E-state index contributed by atoms with van der Waals surface area (Å²) in [6.45, 7) is 5.59. The summed E-state index contributed by atoms with van der Waals surface area (Å²) in [4.78, 5) is 36.2. The van der Waals surface area contributed by atoms with Gasteiger partial charge in [0.15, 0.2) is 0 Å². The van der Waals surface area contributed by atoms with Crippen LogP contribution in [0.25, 0.3) is 5.69 Å². The van der Waals surface area contributed by atoms with Crippen LogP contribution in [0.2, 0.25) is 0 Å². The third-order valence-corrected chi connectivity index (χ3v) is 5.98. The molecule has 0 bridgehead atoms. The van der Waals surface area contributed by atoms with Crippen molar-refractivity contribution in [2.75, 3.05) is 56.1 Å². The molecular formula is C25H31N7O2. The van der Waals surface area contributed by atoms with E-state index in [2.05, 4.69) is 20.3 Å². The molecule has 1 N–H and O–H groups in total. The number of rotatable bonds is 7. The van der Waals surface area contributed by atoms with Gasteiger partial charge in [0.1, 0.15) is 5.69 Å². The highest BCUT2D eigenvalue weighted by Gasteiger charge is 2.26. The number of benzene rings is 1. The minimum absolute atomic E-state index is 0.0486. The molecule has 1 aliphatic rings. The van der Waals surface area contributed by atoms with Gasteiger partial charge in [-0.15, -0.1) is 0 Å². The summed E-state index contributed by atoms with van der Waals surface area (Å²) >= 11 is 0. The molecule has 9 nitrogen and oxygen atoms in total. The van der Waals surface area contributed by atoms with Crippen LogP contribution in [0.5, 0.6) is 0 Å². The molecule has 2 aromatic heterocycles. The minimum Gasteiger partial charge on any atom is -0.368 e. The zero-order valence-electron chi connectivity index (χ0n) is 19.7. The maximum Gasteiger partial charge on any atom is 0.317 e. The topological polar surface area (TPSA) is 86.6 Å². The Morgan fingerprint density at radius 1 is 1.06 bits per heavy atom. The SMILES string of the molecule is CCNC(=O)N1CCN(c2cnn(-c3ccccc3)c(=O)c2N(C)CCc2ccccn2)CC1. The van der Waals surface area contributed by atoms with Crippen LogP contribution >= 0.6 is 0 Å². The zero-order chi connectivity index (χ0) is 23.9. The molecule has 3 heterocycles. The van der Waals surface area contributed by atoms with Crippen molar-refractivity contribution in [3.63, 3.8) is 0 Å². The maximum atomic E-state index is 13.7. The fourth-order valence-electron chi connectivity index (χ4n) is 4.13. The number of hydrogen-bond acceptors (Lipinski definition) is 6. The lowest BCUT2D eigenvalue weighted by atomic mass is 10.2. The third-order valence-electron chi connectivity index (χ3n) is 5.98. The van der Waals surface area contributed by atoms with E-state index in [0.29, 0.717) is 45.0 Å². The Labute approximate surface area is 199 Å². The largest absolute Gasteiger partial charge is 0.368 e. The lowest BCUT2D eigenvalue weighted by molar-refractivity contribution is 0.195. The molecule has 178 valence electrons. The molecule has 1 aromatic carbocycles. The van der Waals surface area contributed by atoms with Gasteiger partial charge in [-0.3, -0.25) is 9.78 Å². The summed E-state index contributed by atoms with van der Waals surface area (Å²) in [5, 5.41) is 7.35. The molecule has 0 unspecified atom stereocenters. The summed E-state index contributed by atoms with van der Waals surface area (Å²) < 4.78 is 1.45. The van der Waals surface area contributed by atoms with Gasteiger partial charge >= 0.3 is 6.03 Å². The number of amides is 2. The number of nitrogens with one attached hydrogen (secondary N) is 1. The van der Waals surface area contributed by atoms with E-state index < -0.39 is 0 Å². The predicted octanol–water partition coefficient (Wildman–Crippen LogP) is 2.16. The van der Waals surface area contributed by atoms with Gasteiger partial charge in [-0.2, -0.15) is 9.78 Å². The number of nitrogens with zero attached hydrogens (tertiary/aromatic N) is 6. The Balaban J connectivity index is 1.62. The van der Waals surface area contributed by atoms with E-state index in [0.717, 1.165) is 23.5 Å². The fourth-order valence-corrected chi connectivity index (χ4v) is 4.13. The van der Waals surface area contributed by atoms with Gasteiger partial charge in [-0.1, -0.05) is 24.3 Å². The van der Waals surface area contributed by atoms with Gasteiger partial charge in [0, 0.05) is 64.6 Å². The quantitative estimate of drug-likeness (QED) is 0.580. The Hall–Kier alpha value is -3.88. The molecule has 0 aliphatic carbocycles. The van der Waals surface area contributed by atoms with E-state index in [9.17, 15) is 9.59 Å². The van der Waals surface area contributed by atoms with Crippen LogP contribution in [0, 0.1) is 0 Å². The molecule has 2 amide bonds. The van der Waals surface area contributed by atoms with Crippen molar-refractivity contribution in [2.45, 2.75) is 13.3 Å². The zero-order valence-corrected chi connectivity index (χ0v) is 19.7. The van der Waals surface area contributed by atoms with Crippen LogP contribution in [0.4, 0.5) is 16.2 Å². The second kappa shape index (κ2) is 10.8. The predicted molar refractivity (Wildman–Crippen MR) is 134 cm³/mol. The monoisotopic (exact) mass is 461 g/mol. The highest BCUT2D eigenvalue weighted by molar-refractivity contribution is 5.75. The Morgan fingerprint density at radius 3 is 2.47 bits per heavy atom. The number of para-hydroxylation sites is 1. The van der Waals surface area contributed by atoms with Crippen LogP contribution in [0.3, 0.4) is 0 Å². The van der Waals surface area contributed by atoms with Gasteiger partial charge in [0.25, 0.3) is 5.56 Å². The van der Waals surface area contributed by atoms with E-state index in [4.69, 9.17) is 0 Å². The van der Waals surface area contributed by atoms with E-state index in [1.807, 2.05) is 72.3 Å². The number of carbonyl (C=O) groups excluding carboxylic acids is 1. The van der Waals surface area contributed by atoms with Crippen molar-refractivity contribution >= 4 is 17.4 Å². The molecule has 1 saturated heterocycles. The molecule has 0 saturated carbocycles. The molecule has 34 heavy (non-hydrogen) atoms. The van der Waals surface area contributed by atoms with Crippen molar-refractivity contribution in [2.24, 2.45) is 0 Å². The molecule has 4 rings (SSSR count). The third kappa shape index (κ3) is 5.19. The normalized spacial score (nSPS) is 13.6. The van der Waals surface area contributed by atoms with Gasteiger partial charge in [0.05, 0.1) is 17.6 Å². The van der Waals surface area contributed by atoms with Gasteiger partial charge in [0.2, 0.25) is 0 Å². The van der Waals surface area contributed by atoms with E-state index >= 15 is 0 Å². The molecule has 0 spiro atoms. The number of hydrogen-bond donors (Lipinski definition) is 1. The number of aromatic nitrogens is 3. The van der Waals surface area contributed by atoms with Gasteiger partial charge in [-0.25, -0.2) is 4.79 Å². The Bertz CT molecular complexity index is 1140. The van der Waals surface area contributed by atoms with Crippen molar-refractivity contribution in [1.29, 1.82) is 0 Å². The van der Waals surface area contributed by atoms with Crippen molar-refractivity contribution in [3.8, 4) is 5.69 Å². The summed E-state index contributed by atoms with van der Waals surface area (Å²) in [7, 11) is 1.93. The highest BCUT2D eigenvalue weighted by Crippen LogP contribution is 2.26. The first kappa shape index (κ1) is 23.3. The molecular weight excluding hydrogens is 430 g/mol. The minimum atomic E-state index is -0.168. The van der Waals surface area contributed by atoms with Crippen LogP contribution in [0.1, 0.15) is 12.6 Å². The summed E-state index contributed by atoms with van der Waals surface area (Å²) in [6, 6.07) is 15.2. The van der Waals surface area contributed by atoms with Crippen molar-refractivity contribution < 1.29 is 4.79 Å². The number of piperazine rings is 1. The van der Waals surface area contributed by atoms with E-state index in [-0.39, 0.29) is 11.6 Å². The number of anilines is 2. The fraction of sp³-hybridized carbons (Fsp3) is 0.360.